The molecule has 0 fully saturated rings. The van der Waals surface area contributed by atoms with Crippen LogP contribution in [0, 0.1) is 0 Å². The Hall–Kier alpha value is -2.47. The van der Waals surface area contributed by atoms with E-state index in [-0.39, 0.29) is 17.2 Å². The molecule has 0 aliphatic rings. The lowest BCUT2D eigenvalue weighted by atomic mass is 10.1. The summed E-state index contributed by atoms with van der Waals surface area (Å²) in [5.74, 6) is -0.330. The number of rotatable bonds is 5. The summed E-state index contributed by atoms with van der Waals surface area (Å²) >= 11 is 3.37. The highest BCUT2D eigenvalue weighted by Crippen LogP contribution is 2.17. The molecule has 0 unspecified atom stereocenters. The molecule has 3 rings (SSSR count). The second-order valence-corrected chi connectivity index (χ2v) is 6.65. The lowest BCUT2D eigenvalue weighted by Gasteiger charge is -2.11. The zero-order valence-electron chi connectivity index (χ0n) is 13.8. The summed E-state index contributed by atoms with van der Waals surface area (Å²) in [7, 11) is 0. The maximum Gasteiger partial charge on any atom is 0.276 e. The van der Waals surface area contributed by atoms with E-state index in [9.17, 15) is 9.59 Å². The van der Waals surface area contributed by atoms with Gasteiger partial charge in [-0.1, -0.05) is 47.5 Å². The molecule has 0 spiro atoms. The average molecular weight is 400 g/mol. The maximum atomic E-state index is 12.7. The van der Waals surface area contributed by atoms with Gasteiger partial charge in [0.25, 0.3) is 11.5 Å². The number of aromatic nitrogens is 2. The van der Waals surface area contributed by atoms with E-state index in [0.717, 1.165) is 17.3 Å². The standard InChI is InChI=1S/C19H18BrN3O2/c1-2-3-12-23-19(25)16-7-5-4-6-15(16)17(22-23)18(24)21-14-10-8-13(20)9-11-14/h4-11H,2-3,12H2,1H3,(H,21,24). The van der Waals surface area contributed by atoms with Gasteiger partial charge in [-0.05, 0) is 36.8 Å². The monoisotopic (exact) mass is 399 g/mol. The zero-order chi connectivity index (χ0) is 17.8. The van der Waals surface area contributed by atoms with Crippen molar-refractivity contribution in [3.63, 3.8) is 0 Å². The first-order chi connectivity index (χ1) is 12.1. The predicted molar refractivity (Wildman–Crippen MR) is 103 cm³/mol. The molecule has 0 radical (unpaired) electrons. The van der Waals surface area contributed by atoms with Crippen LogP contribution in [0.25, 0.3) is 10.8 Å². The number of anilines is 1. The molecule has 0 atom stereocenters. The molecule has 25 heavy (non-hydrogen) atoms. The van der Waals surface area contributed by atoms with Crippen molar-refractivity contribution in [1.29, 1.82) is 0 Å². The predicted octanol–water partition coefficient (Wildman–Crippen LogP) is 4.21. The van der Waals surface area contributed by atoms with Crippen LogP contribution in [0.1, 0.15) is 30.3 Å². The van der Waals surface area contributed by atoms with Gasteiger partial charge in [0.1, 0.15) is 0 Å². The van der Waals surface area contributed by atoms with Crippen molar-refractivity contribution in [2.75, 3.05) is 5.32 Å². The van der Waals surface area contributed by atoms with Gasteiger partial charge in [-0.15, -0.1) is 0 Å². The molecule has 0 saturated carbocycles. The average Bonchev–Trinajstić information content (AvgIpc) is 2.63. The smallest absolute Gasteiger partial charge is 0.276 e. The molecule has 1 aromatic heterocycles. The van der Waals surface area contributed by atoms with E-state index in [4.69, 9.17) is 0 Å². The molecule has 0 aliphatic heterocycles. The van der Waals surface area contributed by atoms with Crippen LogP contribution in [0.2, 0.25) is 0 Å². The van der Waals surface area contributed by atoms with Crippen LogP contribution in [-0.4, -0.2) is 15.7 Å². The first-order valence-electron chi connectivity index (χ1n) is 8.17. The van der Waals surface area contributed by atoms with Gasteiger partial charge >= 0.3 is 0 Å². The third-order valence-electron chi connectivity index (χ3n) is 3.91. The van der Waals surface area contributed by atoms with Crippen LogP contribution in [0.4, 0.5) is 5.69 Å². The Balaban J connectivity index is 2.04. The highest BCUT2D eigenvalue weighted by atomic mass is 79.9. The van der Waals surface area contributed by atoms with E-state index in [0.29, 0.717) is 23.0 Å². The van der Waals surface area contributed by atoms with Crippen LogP contribution >= 0.6 is 15.9 Å². The normalized spacial score (nSPS) is 10.8. The van der Waals surface area contributed by atoms with Gasteiger partial charge in [-0.25, -0.2) is 4.68 Å². The summed E-state index contributed by atoms with van der Waals surface area (Å²) in [4.78, 5) is 25.3. The summed E-state index contributed by atoms with van der Waals surface area (Å²) < 4.78 is 2.32. The third-order valence-corrected chi connectivity index (χ3v) is 4.44. The molecule has 1 amide bonds. The quantitative estimate of drug-likeness (QED) is 0.698. The molecule has 5 nitrogen and oxygen atoms in total. The Morgan fingerprint density at radius 2 is 1.80 bits per heavy atom. The molecule has 6 heteroatoms. The number of nitrogens with zero attached hydrogens (tertiary/aromatic N) is 2. The number of nitrogens with one attached hydrogen (secondary N) is 1. The van der Waals surface area contributed by atoms with Crippen LogP contribution in [-0.2, 0) is 6.54 Å². The van der Waals surface area contributed by atoms with Crippen molar-refractivity contribution in [2.45, 2.75) is 26.3 Å². The first-order valence-corrected chi connectivity index (χ1v) is 8.96. The van der Waals surface area contributed by atoms with Gasteiger partial charge in [-0.3, -0.25) is 9.59 Å². The van der Waals surface area contributed by atoms with Crippen molar-refractivity contribution < 1.29 is 4.79 Å². The van der Waals surface area contributed by atoms with Crippen LogP contribution in [0.3, 0.4) is 0 Å². The first kappa shape index (κ1) is 17.4. The van der Waals surface area contributed by atoms with Crippen molar-refractivity contribution >= 4 is 38.3 Å². The van der Waals surface area contributed by atoms with Crippen molar-refractivity contribution in [3.05, 3.63) is 69.1 Å². The van der Waals surface area contributed by atoms with E-state index in [2.05, 4.69) is 26.3 Å². The number of halogens is 1. The number of fused-ring (bicyclic) bond motifs is 1. The van der Waals surface area contributed by atoms with Gasteiger partial charge in [0.05, 0.1) is 5.39 Å². The summed E-state index contributed by atoms with van der Waals surface area (Å²) in [6, 6.07) is 14.4. The highest BCUT2D eigenvalue weighted by molar-refractivity contribution is 9.10. The molecule has 0 saturated heterocycles. The molecular formula is C19H18BrN3O2. The van der Waals surface area contributed by atoms with Gasteiger partial charge in [0, 0.05) is 22.1 Å². The molecule has 0 bridgehead atoms. The third kappa shape index (κ3) is 3.79. The number of carbonyl (C=O) groups excluding carboxylic acids is 1. The van der Waals surface area contributed by atoms with E-state index in [1.165, 1.54) is 4.68 Å². The molecule has 1 heterocycles. The largest absolute Gasteiger partial charge is 0.321 e. The van der Waals surface area contributed by atoms with Gasteiger partial charge in [-0.2, -0.15) is 5.10 Å². The van der Waals surface area contributed by atoms with Crippen LogP contribution in [0.5, 0.6) is 0 Å². The Morgan fingerprint density at radius 1 is 1.12 bits per heavy atom. The number of aryl methyl sites for hydroxylation is 1. The zero-order valence-corrected chi connectivity index (χ0v) is 15.4. The number of amides is 1. The summed E-state index contributed by atoms with van der Waals surface area (Å²) in [6.07, 6.45) is 1.78. The lowest BCUT2D eigenvalue weighted by Crippen LogP contribution is -2.27. The van der Waals surface area contributed by atoms with Crippen molar-refractivity contribution in [2.24, 2.45) is 0 Å². The minimum atomic E-state index is -0.330. The van der Waals surface area contributed by atoms with E-state index in [1.54, 1.807) is 36.4 Å². The number of hydrogen-bond acceptors (Lipinski definition) is 3. The Bertz CT molecular complexity index is 965. The molecule has 128 valence electrons. The Morgan fingerprint density at radius 3 is 2.48 bits per heavy atom. The van der Waals surface area contributed by atoms with Crippen LogP contribution in [0.15, 0.2) is 57.8 Å². The summed E-state index contributed by atoms with van der Waals surface area (Å²) in [6.45, 7) is 2.55. The number of hydrogen-bond donors (Lipinski definition) is 1. The Kier molecular flexibility index (Phi) is 5.28. The van der Waals surface area contributed by atoms with Gasteiger partial charge in [0.2, 0.25) is 0 Å². The second kappa shape index (κ2) is 7.61. The van der Waals surface area contributed by atoms with Crippen LogP contribution < -0.4 is 10.9 Å². The topological polar surface area (TPSA) is 64.0 Å². The second-order valence-electron chi connectivity index (χ2n) is 5.74. The Labute approximate surface area is 153 Å². The van der Waals surface area contributed by atoms with Crippen molar-refractivity contribution in [1.82, 2.24) is 9.78 Å². The van der Waals surface area contributed by atoms with Crippen molar-refractivity contribution in [3.8, 4) is 0 Å². The molecular weight excluding hydrogens is 382 g/mol. The SMILES string of the molecule is CCCCn1nc(C(=O)Nc2ccc(Br)cc2)c2ccccc2c1=O. The molecule has 3 aromatic rings. The van der Waals surface area contributed by atoms with E-state index >= 15 is 0 Å². The fourth-order valence-electron chi connectivity index (χ4n) is 2.59. The fourth-order valence-corrected chi connectivity index (χ4v) is 2.85. The summed E-state index contributed by atoms with van der Waals surface area (Å²) in [5, 5.41) is 8.25. The van der Waals surface area contributed by atoms with E-state index < -0.39 is 0 Å². The molecule has 0 aliphatic carbocycles. The minimum absolute atomic E-state index is 0.163. The van der Waals surface area contributed by atoms with E-state index in [1.807, 2.05) is 19.1 Å². The highest BCUT2D eigenvalue weighted by Gasteiger charge is 2.16. The number of carbonyl (C=O) groups is 1. The van der Waals surface area contributed by atoms with Gasteiger partial charge in [0.15, 0.2) is 5.69 Å². The summed E-state index contributed by atoms with van der Waals surface area (Å²) in [5.41, 5.74) is 0.767. The lowest BCUT2D eigenvalue weighted by molar-refractivity contribution is 0.102. The fraction of sp³-hybridized carbons (Fsp3) is 0.211. The molecule has 2 aromatic carbocycles. The van der Waals surface area contributed by atoms with Gasteiger partial charge < -0.3 is 5.32 Å². The number of benzene rings is 2. The maximum absolute atomic E-state index is 12.7. The molecule has 1 N–H and O–H groups in total. The number of unbranched alkanes of at least 4 members (excludes halogenated alkanes) is 1. The minimum Gasteiger partial charge on any atom is -0.321 e.